The van der Waals surface area contributed by atoms with E-state index in [1.54, 1.807) is 27.7 Å². The van der Waals surface area contributed by atoms with E-state index in [4.69, 9.17) is 4.74 Å². The zero-order valence-corrected chi connectivity index (χ0v) is 19.4. The molecule has 1 N–H and O–H groups in total. The molecule has 2 aliphatic rings. The molecule has 2 atom stereocenters. The average molecular weight is 490 g/mol. The first-order valence-corrected chi connectivity index (χ1v) is 11.8. The lowest BCUT2D eigenvalue weighted by molar-refractivity contribution is 0.0560. The van der Waals surface area contributed by atoms with E-state index in [0.717, 1.165) is 0 Å². The molecule has 0 bridgehead atoms. The van der Waals surface area contributed by atoms with Crippen LogP contribution in [0.3, 0.4) is 0 Å². The van der Waals surface area contributed by atoms with Crippen molar-refractivity contribution in [3.05, 3.63) is 28.2 Å². The summed E-state index contributed by atoms with van der Waals surface area (Å²) in [5.41, 5.74) is -2.17. The Morgan fingerprint density at radius 1 is 1.34 bits per heavy atom. The van der Waals surface area contributed by atoms with Crippen molar-refractivity contribution in [2.75, 3.05) is 5.75 Å². The number of halogens is 2. The van der Waals surface area contributed by atoms with Gasteiger partial charge in [0.1, 0.15) is 21.7 Å². The Labute approximate surface area is 178 Å². The summed E-state index contributed by atoms with van der Waals surface area (Å²) in [6.07, 6.45) is 1.93. The van der Waals surface area contributed by atoms with E-state index >= 15 is 0 Å². The normalized spacial score (nSPS) is 29.1. The smallest absolute Gasteiger partial charge is 0.413 e. The summed E-state index contributed by atoms with van der Waals surface area (Å²) in [7, 11) is -3.79. The molecule has 3 rings (SSSR count). The van der Waals surface area contributed by atoms with Crippen LogP contribution in [0.25, 0.3) is 0 Å². The van der Waals surface area contributed by atoms with Gasteiger partial charge in [-0.1, -0.05) is 0 Å². The Morgan fingerprint density at radius 2 is 1.97 bits per heavy atom. The van der Waals surface area contributed by atoms with Gasteiger partial charge in [0.25, 0.3) is 0 Å². The quantitative estimate of drug-likeness (QED) is 0.638. The molecule has 1 aliphatic heterocycles. The van der Waals surface area contributed by atoms with Crippen molar-refractivity contribution in [3.63, 3.8) is 0 Å². The zero-order valence-electron chi connectivity index (χ0n) is 17.0. The fourth-order valence-corrected chi connectivity index (χ4v) is 6.36. The van der Waals surface area contributed by atoms with Crippen LogP contribution in [0.2, 0.25) is 0 Å². The molecule has 0 spiro atoms. The van der Waals surface area contributed by atoms with Crippen LogP contribution < -0.4 is 5.32 Å². The van der Waals surface area contributed by atoms with Gasteiger partial charge in [0, 0.05) is 16.2 Å². The van der Waals surface area contributed by atoms with Crippen LogP contribution in [0.1, 0.15) is 53.0 Å². The summed E-state index contributed by atoms with van der Waals surface area (Å²) in [5, 5.41) is 2.56. The number of carbonyl (C=O) groups is 1. The highest BCUT2D eigenvalue weighted by Crippen LogP contribution is 2.49. The summed E-state index contributed by atoms with van der Waals surface area (Å²) >= 11 is 3.24. The van der Waals surface area contributed by atoms with Crippen molar-refractivity contribution in [2.24, 2.45) is 10.9 Å². The topological polar surface area (TPSA) is 97.7 Å². The fraction of sp³-hybridized carbons (Fsp3) is 0.632. The van der Waals surface area contributed by atoms with Gasteiger partial charge in [0.15, 0.2) is 9.84 Å². The van der Waals surface area contributed by atoms with Crippen molar-refractivity contribution in [3.8, 4) is 0 Å². The van der Waals surface area contributed by atoms with E-state index < -0.39 is 37.8 Å². The number of pyridine rings is 1. The third-order valence-corrected chi connectivity index (χ3v) is 8.50. The number of hydrogen-bond donors (Lipinski definition) is 1. The van der Waals surface area contributed by atoms with E-state index in [-0.39, 0.29) is 23.1 Å². The lowest BCUT2D eigenvalue weighted by Crippen LogP contribution is -2.60. The number of aliphatic imine (C=N–C) groups is 1. The van der Waals surface area contributed by atoms with E-state index in [9.17, 15) is 17.6 Å². The van der Waals surface area contributed by atoms with Gasteiger partial charge in [-0.3, -0.25) is 10.3 Å². The standard InChI is InChI=1S/C19H25BrFN3O4S/c1-17(2,3)28-16(25)23-15-19(5,11-6-7-11)29(26,27)10-18(4,24-15)13-8-12(20)9-22-14(13)21/h8-9,11H,6-7,10H2,1-5H3,(H,23,24,25)/t18-,19-/m0/s1. The number of ether oxygens (including phenoxy) is 1. The van der Waals surface area contributed by atoms with Crippen LogP contribution in [-0.2, 0) is 20.1 Å². The molecule has 1 aliphatic carbocycles. The Kier molecular flexibility index (Phi) is 5.35. The molecule has 0 radical (unpaired) electrons. The number of aromatic nitrogens is 1. The minimum atomic E-state index is -3.79. The first kappa shape index (κ1) is 22.1. The highest BCUT2D eigenvalue weighted by atomic mass is 79.9. The average Bonchev–Trinajstić information content (AvgIpc) is 3.37. The SMILES string of the molecule is CC(C)(C)OC(=O)NC1=N[C@](C)(c2cc(Br)cnc2F)CS(=O)(=O)[C@@]1(C)C1CC1. The number of nitrogens with one attached hydrogen (secondary N) is 1. The van der Waals surface area contributed by atoms with E-state index in [1.807, 2.05) is 0 Å². The van der Waals surface area contributed by atoms with E-state index in [1.165, 1.54) is 19.2 Å². The van der Waals surface area contributed by atoms with Crippen molar-refractivity contribution in [1.29, 1.82) is 0 Å². The van der Waals surface area contributed by atoms with E-state index in [0.29, 0.717) is 17.3 Å². The van der Waals surface area contributed by atoms with Gasteiger partial charge in [-0.2, -0.15) is 4.39 Å². The summed E-state index contributed by atoms with van der Waals surface area (Å²) < 4.78 is 45.8. The zero-order chi connectivity index (χ0) is 21.8. The Hall–Kier alpha value is -1.55. The summed E-state index contributed by atoms with van der Waals surface area (Å²) in [6.45, 7) is 8.22. The van der Waals surface area contributed by atoms with Gasteiger partial charge < -0.3 is 4.74 Å². The fourth-order valence-electron chi connectivity index (χ4n) is 3.63. The molecule has 160 valence electrons. The predicted octanol–water partition coefficient (Wildman–Crippen LogP) is 3.72. The second-order valence-corrected chi connectivity index (χ2v) is 12.3. The second-order valence-electron chi connectivity index (χ2n) is 8.99. The molecule has 2 heterocycles. The first-order chi connectivity index (χ1) is 13.2. The number of sulfone groups is 1. The Bertz CT molecular complexity index is 988. The summed E-state index contributed by atoms with van der Waals surface area (Å²) in [6, 6.07) is 1.46. The molecule has 7 nitrogen and oxygen atoms in total. The first-order valence-electron chi connectivity index (χ1n) is 9.32. The molecule has 0 aromatic carbocycles. The van der Waals surface area contributed by atoms with Crippen LogP contribution >= 0.6 is 15.9 Å². The number of amidine groups is 1. The van der Waals surface area contributed by atoms with Crippen molar-refractivity contribution < 1.29 is 22.3 Å². The maximum Gasteiger partial charge on any atom is 0.413 e. The molecule has 1 amide bonds. The molecule has 1 aromatic rings. The molecular formula is C19H25BrFN3O4S. The molecule has 1 fully saturated rings. The largest absolute Gasteiger partial charge is 0.444 e. The van der Waals surface area contributed by atoms with Crippen LogP contribution in [-0.4, -0.2) is 41.4 Å². The van der Waals surface area contributed by atoms with Gasteiger partial charge in [0.2, 0.25) is 5.95 Å². The molecule has 0 unspecified atom stereocenters. The second kappa shape index (κ2) is 7.01. The highest BCUT2D eigenvalue weighted by Gasteiger charge is 2.60. The molecule has 29 heavy (non-hydrogen) atoms. The maximum absolute atomic E-state index is 14.5. The van der Waals surface area contributed by atoms with Crippen LogP contribution in [0.15, 0.2) is 21.7 Å². The number of alkyl carbamates (subject to hydrolysis) is 1. The van der Waals surface area contributed by atoms with Crippen LogP contribution in [0, 0.1) is 11.9 Å². The molecule has 0 saturated heterocycles. The molecule has 1 aromatic heterocycles. The van der Waals surface area contributed by atoms with Gasteiger partial charge in [0.05, 0.1) is 5.75 Å². The molecular weight excluding hydrogens is 465 g/mol. The number of nitrogens with zero attached hydrogens (tertiary/aromatic N) is 2. The van der Waals surface area contributed by atoms with Crippen LogP contribution in [0.5, 0.6) is 0 Å². The minimum Gasteiger partial charge on any atom is -0.444 e. The van der Waals surface area contributed by atoms with E-state index in [2.05, 4.69) is 31.2 Å². The van der Waals surface area contributed by atoms with Crippen molar-refractivity contribution >= 4 is 37.7 Å². The molecule has 1 saturated carbocycles. The maximum atomic E-state index is 14.5. The summed E-state index contributed by atoms with van der Waals surface area (Å²) in [4.78, 5) is 20.7. The molecule has 10 heteroatoms. The van der Waals surface area contributed by atoms with Gasteiger partial charge in [-0.25, -0.2) is 18.2 Å². The lowest BCUT2D eigenvalue weighted by atomic mass is 9.94. The third kappa shape index (κ3) is 4.19. The lowest BCUT2D eigenvalue weighted by Gasteiger charge is -2.41. The predicted molar refractivity (Wildman–Crippen MR) is 111 cm³/mol. The van der Waals surface area contributed by atoms with Gasteiger partial charge >= 0.3 is 6.09 Å². The van der Waals surface area contributed by atoms with Gasteiger partial charge in [-0.15, -0.1) is 0 Å². The Balaban J connectivity index is 2.13. The van der Waals surface area contributed by atoms with Crippen molar-refractivity contribution in [2.45, 2.75) is 63.3 Å². The number of carbonyl (C=O) groups excluding carboxylic acids is 1. The highest BCUT2D eigenvalue weighted by molar-refractivity contribution is 9.10. The minimum absolute atomic E-state index is 0.0117. The van der Waals surface area contributed by atoms with Gasteiger partial charge in [-0.05, 0) is 75.4 Å². The number of amides is 1. The number of rotatable bonds is 2. The summed E-state index contributed by atoms with van der Waals surface area (Å²) in [5.74, 6) is -1.36. The van der Waals surface area contributed by atoms with Crippen molar-refractivity contribution in [1.82, 2.24) is 10.3 Å². The van der Waals surface area contributed by atoms with Crippen LogP contribution in [0.4, 0.5) is 9.18 Å². The Morgan fingerprint density at radius 3 is 2.52 bits per heavy atom. The third-order valence-electron chi connectivity index (χ3n) is 5.31. The monoisotopic (exact) mass is 489 g/mol. The number of hydrogen-bond acceptors (Lipinski definition) is 6.